The topological polar surface area (TPSA) is 112 Å². The number of non-ortho nitro benzene ring substituents is 1. The summed E-state index contributed by atoms with van der Waals surface area (Å²) in [5.41, 5.74) is 2.19. The minimum Gasteiger partial charge on any atom is -0.490 e. The average Bonchev–Trinajstić information content (AvgIpc) is 2.82. The fourth-order valence-electron chi connectivity index (χ4n) is 2.78. The Morgan fingerprint density at radius 1 is 1.03 bits per heavy atom. The summed E-state index contributed by atoms with van der Waals surface area (Å²) in [6.07, 6.45) is 1.47. The molecule has 0 radical (unpaired) electrons. The van der Waals surface area contributed by atoms with Crippen LogP contribution in [0.5, 0.6) is 11.5 Å². The molecule has 9 heteroatoms. The number of ether oxygens (including phenoxy) is 2. The first-order chi connectivity index (χ1) is 16.0. The Kier molecular flexibility index (Phi) is 8.35. The highest BCUT2D eigenvalue weighted by atomic mass is 16.6. The number of nitro benzene ring substituents is 1. The van der Waals surface area contributed by atoms with Crippen molar-refractivity contribution in [1.82, 2.24) is 0 Å². The number of carbonyl (C=O) groups is 1. The first-order valence-corrected chi connectivity index (χ1v) is 10.2. The fourth-order valence-corrected chi connectivity index (χ4v) is 2.78. The quantitative estimate of drug-likeness (QED) is 0.261. The molecule has 0 saturated carbocycles. The number of oxime groups is 1. The van der Waals surface area contributed by atoms with Crippen molar-refractivity contribution < 1.29 is 24.0 Å². The number of benzene rings is 3. The van der Waals surface area contributed by atoms with Crippen LogP contribution < -0.4 is 14.8 Å². The predicted octanol–water partition coefficient (Wildman–Crippen LogP) is 4.56. The van der Waals surface area contributed by atoms with E-state index < -0.39 is 4.92 Å². The van der Waals surface area contributed by atoms with Gasteiger partial charge in [-0.15, -0.1) is 0 Å². The monoisotopic (exact) mass is 449 g/mol. The largest absolute Gasteiger partial charge is 0.490 e. The van der Waals surface area contributed by atoms with Crippen molar-refractivity contribution in [3.63, 3.8) is 0 Å². The van der Waals surface area contributed by atoms with Crippen molar-refractivity contribution in [3.8, 4) is 11.5 Å². The summed E-state index contributed by atoms with van der Waals surface area (Å²) < 4.78 is 11.5. The molecule has 3 rings (SSSR count). The van der Waals surface area contributed by atoms with Crippen LogP contribution in [-0.2, 0) is 16.2 Å². The number of nitro groups is 1. The zero-order valence-electron chi connectivity index (χ0n) is 18.0. The van der Waals surface area contributed by atoms with Crippen LogP contribution in [0, 0.1) is 10.1 Å². The van der Waals surface area contributed by atoms with Crippen LogP contribution in [0.25, 0.3) is 0 Å². The summed E-state index contributed by atoms with van der Waals surface area (Å²) in [6, 6.07) is 20.5. The van der Waals surface area contributed by atoms with E-state index in [1.54, 1.807) is 42.5 Å². The molecule has 0 atom stereocenters. The van der Waals surface area contributed by atoms with Crippen molar-refractivity contribution in [2.24, 2.45) is 5.16 Å². The molecule has 0 spiro atoms. The highest BCUT2D eigenvalue weighted by Crippen LogP contribution is 2.29. The third kappa shape index (κ3) is 7.35. The van der Waals surface area contributed by atoms with Gasteiger partial charge in [0.1, 0.15) is 6.61 Å². The van der Waals surface area contributed by atoms with Gasteiger partial charge in [-0.25, -0.2) is 0 Å². The van der Waals surface area contributed by atoms with E-state index in [0.717, 1.165) is 5.56 Å². The van der Waals surface area contributed by atoms with Crippen LogP contribution >= 0.6 is 0 Å². The maximum atomic E-state index is 11.9. The number of anilines is 1. The van der Waals surface area contributed by atoms with Crippen molar-refractivity contribution in [1.29, 1.82) is 0 Å². The lowest BCUT2D eigenvalue weighted by Gasteiger charge is -2.12. The van der Waals surface area contributed by atoms with Gasteiger partial charge in [-0.2, -0.15) is 0 Å². The van der Waals surface area contributed by atoms with Gasteiger partial charge in [0.2, 0.25) is 0 Å². The fraction of sp³-hybridized carbons (Fsp3) is 0.167. The number of amides is 1. The third-order valence-electron chi connectivity index (χ3n) is 4.34. The van der Waals surface area contributed by atoms with E-state index in [1.807, 2.05) is 25.1 Å². The zero-order chi connectivity index (χ0) is 23.5. The number of carbonyl (C=O) groups excluding carboxylic acids is 1. The maximum Gasteiger partial charge on any atom is 0.269 e. The number of rotatable bonds is 11. The number of hydrogen-bond donors (Lipinski definition) is 1. The van der Waals surface area contributed by atoms with E-state index in [1.165, 1.54) is 18.3 Å². The van der Waals surface area contributed by atoms with Crippen LogP contribution in [0.1, 0.15) is 18.1 Å². The normalized spacial score (nSPS) is 10.6. The molecule has 1 amide bonds. The molecule has 33 heavy (non-hydrogen) atoms. The molecule has 0 bridgehead atoms. The smallest absolute Gasteiger partial charge is 0.269 e. The summed E-state index contributed by atoms with van der Waals surface area (Å²) in [6.45, 7) is 2.30. The summed E-state index contributed by atoms with van der Waals surface area (Å²) >= 11 is 0. The molecule has 0 heterocycles. The molecule has 9 nitrogen and oxygen atoms in total. The maximum absolute atomic E-state index is 11.9. The highest BCUT2D eigenvalue weighted by molar-refractivity contribution is 5.91. The number of nitrogens with zero attached hydrogens (tertiary/aromatic N) is 2. The number of nitrogens with one attached hydrogen (secondary N) is 1. The van der Waals surface area contributed by atoms with Gasteiger partial charge in [0.05, 0.1) is 17.7 Å². The van der Waals surface area contributed by atoms with Crippen molar-refractivity contribution in [2.75, 3.05) is 18.5 Å². The first kappa shape index (κ1) is 23.3. The number of para-hydroxylation sites is 1. The Hall–Kier alpha value is -4.40. The Balaban J connectivity index is 1.54. The van der Waals surface area contributed by atoms with Crippen LogP contribution in [-0.4, -0.2) is 30.3 Å². The summed E-state index contributed by atoms with van der Waals surface area (Å²) in [5.74, 6) is 0.726. The first-order valence-electron chi connectivity index (χ1n) is 10.2. The molecular weight excluding hydrogens is 426 g/mol. The Morgan fingerprint density at radius 3 is 2.48 bits per heavy atom. The van der Waals surface area contributed by atoms with E-state index in [9.17, 15) is 14.9 Å². The van der Waals surface area contributed by atoms with E-state index in [2.05, 4.69) is 10.5 Å². The molecule has 3 aromatic carbocycles. The predicted molar refractivity (Wildman–Crippen MR) is 124 cm³/mol. The summed E-state index contributed by atoms with van der Waals surface area (Å²) in [4.78, 5) is 27.3. The molecule has 0 unspecified atom stereocenters. The van der Waals surface area contributed by atoms with Gasteiger partial charge in [0, 0.05) is 23.4 Å². The second-order valence-electron chi connectivity index (χ2n) is 6.77. The lowest BCUT2D eigenvalue weighted by Crippen LogP contribution is -2.16. The van der Waals surface area contributed by atoms with Gasteiger partial charge in [0.25, 0.3) is 11.6 Å². The minimum atomic E-state index is -0.447. The van der Waals surface area contributed by atoms with Gasteiger partial charge in [-0.3, -0.25) is 14.9 Å². The Labute approximate surface area is 190 Å². The van der Waals surface area contributed by atoms with Crippen molar-refractivity contribution >= 4 is 23.5 Å². The van der Waals surface area contributed by atoms with Crippen LogP contribution in [0.4, 0.5) is 11.4 Å². The van der Waals surface area contributed by atoms with Crippen molar-refractivity contribution in [3.05, 3.63) is 94.0 Å². The molecule has 0 saturated heterocycles. The van der Waals surface area contributed by atoms with Gasteiger partial charge in [0.15, 0.2) is 18.1 Å². The second kappa shape index (κ2) is 11.8. The average molecular weight is 449 g/mol. The van der Waals surface area contributed by atoms with Gasteiger partial charge in [-0.1, -0.05) is 23.4 Å². The van der Waals surface area contributed by atoms with E-state index in [4.69, 9.17) is 14.3 Å². The van der Waals surface area contributed by atoms with E-state index >= 15 is 0 Å². The molecule has 0 aromatic heterocycles. The molecule has 0 aliphatic carbocycles. The molecule has 3 aromatic rings. The van der Waals surface area contributed by atoms with Crippen LogP contribution in [0.2, 0.25) is 0 Å². The lowest BCUT2D eigenvalue weighted by atomic mass is 10.2. The second-order valence-corrected chi connectivity index (χ2v) is 6.77. The molecular formula is C24H23N3O6. The van der Waals surface area contributed by atoms with Gasteiger partial charge >= 0.3 is 0 Å². The van der Waals surface area contributed by atoms with Crippen molar-refractivity contribution in [2.45, 2.75) is 13.5 Å². The Morgan fingerprint density at radius 2 is 1.79 bits per heavy atom. The zero-order valence-corrected chi connectivity index (χ0v) is 18.0. The van der Waals surface area contributed by atoms with E-state index in [0.29, 0.717) is 29.4 Å². The minimum absolute atomic E-state index is 0.0251. The molecule has 1 N–H and O–H groups in total. The standard InChI is InChI=1S/C24H23N3O6/c1-2-31-23-14-19(15-25-33-17-24(28)26-20-6-4-3-5-7-20)10-13-22(23)32-16-18-8-11-21(12-9-18)27(29)30/h3-15H,2,16-17H2,1H3,(H,26,28)/b25-15+. The third-order valence-corrected chi connectivity index (χ3v) is 4.34. The Bertz CT molecular complexity index is 1100. The van der Waals surface area contributed by atoms with Crippen LogP contribution in [0.3, 0.4) is 0 Å². The van der Waals surface area contributed by atoms with E-state index in [-0.39, 0.29) is 24.8 Å². The van der Waals surface area contributed by atoms with Gasteiger partial charge in [-0.05, 0) is 55.0 Å². The molecule has 170 valence electrons. The SMILES string of the molecule is CCOc1cc(/C=N/OCC(=O)Nc2ccccc2)ccc1OCc1ccc([N+](=O)[O-])cc1. The lowest BCUT2D eigenvalue weighted by molar-refractivity contribution is -0.384. The van der Waals surface area contributed by atoms with Crippen LogP contribution in [0.15, 0.2) is 78.0 Å². The molecule has 0 aliphatic heterocycles. The number of hydrogen-bond acceptors (Lipinski definition) is 7. The molecule has 0 fully saturated rings. The molecule has 0 aliphatic rings. The summed E-state index contributed by atoms with van der Waals surface area (Å²) in [5, 5.41) is 17.3. The summed E-state index contributed by atoms with van der Waals surface area (Å²) in [7, 11) is 0. The highest BCUT2D eigenvalue weighted by Gasteiger charge is 2.09. The van der Waals surface area contributed by atoms with Gasteiger partial charge < -0.3 is 19.6 Å².